The molecule has 0 amide bonds. The van der Waals surface area contributed by atoms with Crippen LogP contribution < -0.4 is 5.32 Å². The first-order valence-electron chi connectivity index (χ1n) is 7.82. The fourth-order valence-corrected chi connectivity index (χ4v) is 3.52. The maximum absolute atomic E-state index is 14.8. The number of allylic oxidation sites excluding steroid dienone is 1. The summed E-state index contributed by atoms with van der Waals surface area (Å²) in [5.41, 5.74) is 0.821. The van der Waals surface area contributed by atoms with Crippen molar-refractivity contribution in [3.05, 3.63) is 24.8 Å². The molecule has 5 atom stereocenters. The number of aromatic nitrogens is 4. The molecule has 140 valence electrons. The molecule has 26 heavy (non-hydrogen) atoms. The summed E-state index contributed by atoms with van der Waals surface area (Å²) < 4.78 is 38.0. The Hall–Kier alpha value is -1.65. The predicted molar refractivity (Wildman–Crippen MR) is 96.0 cm³/mol. The van der Waals surface area contributed by atoms with Crippen molar-refractivity contribution in [1.82, 2.24) is 19.5 Å². The second-order valence-corrected chi connectivity index (χ2v) is 7.16. The molecular formula is C14H18FN5O4PS+. The molecule has 0 aromatic carbocycles. The van der Waals surface area contributed by atoms with Gasteiger partial charge in [-0.3, -0.25) is 4.57 Å². The topological polar surface area (TPSA) is 111 Å². The Morgan fingerprint density at radius 3 is 3.04 bits per heavy atom. The Morgan fingerprint density at radius 2 is 2.35 bits per heavy atom. The maximum atomic E-state index is 14.8. The van der Waals surface area contributed by atoms with Crippen molar-refractivity contribution in [2.45, 2.75) is 31.5 Å². The van der Waals surface area contributed by atoms with Crippen LogP contribution in [0.25, 0.3) is 11.2 Å². The van der Waals surface area contributed by atoms with Crippen LogP contribution in [0.3, 0.4) is 0 Å². The Kier molecular flexibility index (Phi) is 6.15. The molecule has 2 N–H and O–H groups in total. The number of ether oxygens (including phenoxy) is 1. The number of thiol groups is 1. The van der Waals surface area contributed by atoms with E-state index in [0.29, 0.717) is 23.5 Å². The van der Waals surface area contributed by atoms with Gasteiger partial charge in [0.2, 0.25) is 0 Å². The van der Waals surface area contributed by atoms with Crippen LogP contribution in [0.1, 0.15) is 13.2 Å². The number of imidazole rings is 1. The lowest BCUT2D eigenvalue weighted by atomic mass is 10.1. The quantitative estimate of drug-likeness (QED) is 0.366. The van der Waals surface area contributed by atoms with Crippen molar-refractivity contribution < 1.29 is 23.3 Å². The first-order chi connectivity index (χ1) is 12.6. The number of aliphatic hydroxyl groups excluding tert-OH is 1. The largest absolute Gasteiger partial charge is 0.582 e. The standard InChI is InChI=1S/C14H17FN5O4PS/c1-2-3-4-16-12-10-13(18-6-17-12)20(7-19-10)14-9(15)11(24-25(22)26)8(5-21)23-14/h2-3,6-9,11,14,21H,4-5H2,1H3,(H-,16,17,18,22,26)/p+1/b3-2+/t8-,9-,11-,14-/m1/s1. The maximum Gasteiger partial charge on any atom is 0.582 e. The number of nitrogens with one attached hydrogen (secondary N) is 1. The minimum absolute atomic E-state index is 0.364. The predicted octanol–water partition coefficient (Wildman–Crippen LogP) is 2.01. The third-order valence-electron chi connectivity index (χ3n) is 3.91. The average molecular weight is 402 g/mol. The summed E-state index contributed by atoms with van der Waals surface area (Å²) in [7, 11) is -2.35. The van der Waals surface area contributed by atoms with Crippen LogP contribution >= 0.6 is 19.5 Å². The summed E-state index contributed by atoms with van der Waals surface area (Å²) in [4.78, 5) is 12.5. The Bertz CT molecular complexity index is 822. The number of hydrogen-bond acceptors (Lipinski definition) is 8. The summed E-state index contributed by atoms with van der Waals surface area (Å²) in [5, 5.41) is 12.5. The van der Waals surface area contributed by atoms with Gasteiger partial charge in [0.25, 0.3) is 0 Å². The van der Waals surface area contributed by atoms with Crippen LogP contribution in [0.4, 0.5) is 10.2 Å². The van der Waals surface area contributed by atoms with Crippen molar-refractivity contribution >= 4 is 36.5 Å². The van der Waals surface area contributed by atoms with Crippen LogP contribution in [0, 0.1) is 0 Å². The van der Waals surface area contributed by atoms with Gasteiger partial charge in [0.1, 0.15) is 24.7 Å². The van der Waals surface area contributed by atoms with Gasteiger partial charge in [-0.15, -0.1) is 4.52 Å². The van der Waals surface area contributed by atoms with Crippen molar-refractivity contribution in [2.24, 2.45) is 0 Å². The lowest BCUT2D eigenvalue weighted by Crippen LogP contribution is -2.31. The molecule has 0 aliphatic carbocycles. The minimum atomic E-state index is -2.35. The van der Waals surface area contributed by atoms with E-state index in [1.807, 2.05) is 19.1 Å². The molecule has 2 aromatic heterocycles. The van der Waals surface area contributed by atoms with E-state index >= 15 is 0 Å². The number of hydrogen-bond donors (Lipinski definition) is 3. The van der Waals surface area contributed by atoms with E-state index in [9.17, 15) is 14.1 Å². The van der Waals surface area contributed by atoms with Crippen molar-refractivity contribution in [3.8, 4) is 0 Å². The monoisotopic (exact) mass is 402 g/mol. The molecule has 1 aliphatic rings. The van der Waals surface area contributed by atoms with E-state index in [2.05, 4.69) is 32.5 Å². The van der Waals surface area contributed by atoms with E-state index in [0.717, 1.165) is 0 Å². The zero-order chi connectivity index (χ0) is 18.7. The highest BCUT2D eigenvalue weighted by molar-refractivity contribution is 8.39. The highest BCUT2D eigenvalue weighted by atomic mass is 32.7. The zero-order valence-corrected chi connectivity index (χ0v) is 15.6. The lowest BCUT2D eigenvalue weighted by molar-refractivity contribution is -0.0427. The van der Waals surface area contributed by atoms with E-state index in [4.69, 9.17) is 9.26 Å². The number of aliphatic hydroxyl groups is 1. The molecule has 1 saturated heterocycles. The highest BCUT2D eigenvalue weighted by Gasteiger charge is 2.51. The molecule has 2 aromatic rings. The van der Waals surface area contributed by atoms with Gasteiger partial charge in [-0.25, -0.2) is 19.3 Å². The van der Waals surface area contributed by atoms with Gasteiger partial charge in [0, 0.05) is 6.54 Å². The second kappa shape index (κ2) is 8.36. The van der Waals surface area contributed by atoms with E-state index in [1.165, 1.54) is 17.2 Å². The second-order valence-electron chi connectivity index (χ2n) is 5.50. The average Bonchev–Trinajstić information content (AvgIpc) is 3.17. The molecule has 0 bridgehead atoms. The number of anilines is 1. The van der Waals surface area contributed by atoms with E-state index in [1.54, 1.807) is 0 Å². The molecule has 12 heteroatoms. The van der Waals surface area contributed by atoms with Gasteiger partial charge in [0.15, 0.2) is 35.5 Å². The first-order valence-corrected chi connectivity index (χ1v) is 10.2. The molecule has 0 saturated carbocycles. The van der Waals surface area contributed by atoms with Crippen LogP contribution in [0.15, 0.2) is 24.8 Å². The number of fused-ring (bicyclic) bond motifs is 1. The number of rotatable bonds is 7. The fourth-order valence-electron chi connectivity index (χ4n) is 2.74. The zero-order valence-electron chi connectivity index (χ0n) is 13.8. The van der Waals surface area contributed by atoms with Crippen LogP contribution in [0.2, 0.25) is 0 Å². The Labute approximate surface area is 154 Å². The summed E-state index contributed by atoms with van der Waals surface area (Å²) in [6, 6.07) is 0. The Balaban J connectivity index is 1.90. The normalized spacial score (nSPS) is 26.7. The minimum Gasteiger partial charge on any atom is -0.394 e. The summed E-state index contributed by atoms with van der Waals surface area (Å²) >= 11 is 3.64. The number of halogens is 1. The fraction of sp³-hybridized carbons (Fsp3) is 0.500. The SMILES string of the molecule is C/C=C/CNc1ncnc2c1ncn2[C@@H]1O[C@H](CO)[C@@H](O[P+](=O)S)[C@H]1F. The van der Waals surface area contributed by atoms with Gasteiger partial charge in [0.05, 0.1) is 12.9 Å². The van der Waals surface area contributed by atoms with E-state index in [-0.39, 0.29) is 0 Å². The van der Waals surface area contributed by atoms with Crippen LogP contribution in [0.5, 0.6) is 0 Å². The van der Waals surface area contributed by atoms with E-state index < -0.39 is 38.4 Å². The first kappa shape index (κ1) is 19.1. The number of alkyl halides is 1. The third kappa shape index (κ3) is 3.72. The molecule has 0 spiro atoms. The van der Waals surface area contributed by atoms with Gasteiger partial charge in [-0.05, 0) is 11.5 Å². The smallest absolute Gasteiger partial charge is 0.394 e. The summed E-state index contributed by atoms with van der Waals surface area (Å²) in [5.74, 6) is 0.505. The van der Waals surface area contributed by atoms with Crippen molar-refractivity contribution in [3.63, 3.8) is 0 Å². The van der Waals surface area contributed by atoms with Gasteiger partial charge in [-0.1, -0.05) is 12.2 Å². The van der Waals surface area contributed by atoms with Gasteiger partial charge < -0.3 is 15.2 Å². The molecule has 0 radical (unpaired) electrons. The lowest BCUT2D eigenvalue weighted by Gasteiger charge is -2.15. The molecule has 1 unspecified atom stereocenters. The van der Waals surface area contributed by atoms with Crippen LogP contribution in [-0.2, 0) is 13.8 Å². The van der Waals surface area contributed by atoms with Gasteiger partial charge in [-0.2, -0.15) is 0 Å². The highest BCUT2D eigenvalue weighted by Crippen LogP contribution is 2.41. The van der Waals surface area contributed by atoms with Crippen molar-refractivity contribution in [2.75, 3.05) is 18.5 Å². The summed E-state index contributed by atoms with van der Waals surface area (Å²) in [6.45, 7) is 1.97. The molecule has 9 nitrogen and oxygen atoms in total. The molecule has 3 rings (SSSR count). The molecular weight excluding hydrogens is 384 g/mol. The molecule has 1 fully saturated rings. The molecule has 1 aliphatic heterocycles. The molecule has 3 heterocycles. The Morgan fingerprint density at radius 1 is 1.54 bits per heavy atom. The number of nitrogens with zero attached hydrogens (tertiary/aromatic N) is 4. The van der Waals surface area contributed by atoms with Crippen molar-refractivity contribution in [1.29, 1.82) is 0 Å². The van der Waals surface area contributed by atoms with Gasteiger partial charge >= 0.3 is 7.23 Å². The summed E-state index contributed by atoms with van der Waals surface area (Å²) in [6.07, 6.45) is 1.51. The van der Waals surface area contributed by atoms with Crippen LogP contribution in [-0.4, -0.2) is 56.2 Å². The third-order valence-corrected chi connectivity index (χ3v) is 4.62.